The number of carbonyl (C=O) groups is 1. The summed E-state index contributed by atoms with van der Waals surface area (Å²) in [6, 6.07) is 1.48. The Hall–Kier alpha value is -2.30. The van der Waals surface area contributed by atoms with E-state index in [1.54, 1.807) is 0 Å². The van der Waals surface area contributed by atoms with Gasteiger partial charge in [0.1, 0.15) is 6.54 Å². The number of rotatable bonds is 7. The van der Waals surface area contributed by atoms with Crippen LogP contribution in [0.1, 0.15) is 12.8 Å². The minimum atomic E-state index is -4.43. The van der Waals surface area contributed by atoms with Crippen LogP contribution in [-0.2, 0) is 11.3 Å². The molecule has 0 saturated carbocycles. The third-order valence-corrected chi connectivity index (χ3v) is 2.45. The molecule has 8 nitrogen and oxygen atoms in total. The van der Waals surface area contributed by atoms with Crippen LogP contribution in [0, 0.1) is 0 Å². The normalized spacial score (nSPS) is 13.9. The summed E-state index contributed by atoms with van der Waals surface area (Å²) in [5.41, 5.74) is 10.2. The number of aromatic nitrogens is 2. The molecule has 0 saturated heterocycles. The van der Waals surface area contributed by atoms with E-state index >= 15 is 0 Å². The lowest BCUT2D eigenvalue weighted by Crippen LogP contribution is -2.26. The molecule has 0 aliphatic carbocycles. The van der Waals surface area contributed by atoms with E-state index in [2.05, 4.69) is 15.4 Å². The number of hydrogen-bond acceptors (Lipinski definition) is 4. The molecule has 1 heterocycles. The predicted molar refractivity (Wildman–Crippen MR) is 72.8 cm³/mol. The number of primary amides is 1. The highest BCUT2D eigenvalue weighted by molar-refractivity contribution is 5.91. The van der Waals surface area contributed by atoms with Crippen molar-refractivity contribution >= 4 is 17.7 Å². The van der Waals surface area contributed by atoms with E-state index in [-0.39, 0.29) is 18.7 Å². The number of aliphatic hydroxyl groups excluding tert-OH is 1. The van der Waals surface area contributed by atoms with Crippen molar-refractivity contribution in [2.45, 2.75) is 31.7 Å². The molecule has 1 unspecified atom stereocenters. The molecular weight excluding hydrogens is 305 g/mol. The van der Waals surface area contributed by atoms with Crippen LogP contribution in [0.25, 0.3) is 0 Å². The van der Waals surface area contributed by atoms with Crippen LogP contribution in [0.4, 0.5) is 19.0 Å². The maximum atomic E-state index is 12.0. The molecule has 0 fully saturated rings. The standard InChI is InChI=1S/C11H17F3N6O2/c12-11(13,14)6-17-10(16)18-9-2-4-20(19-9)3-1-7(21)5-8(15)22/h2,4,7,21H,1,3,5-6H2,(H2,15,22)(H3,16,17,18,19). The van der Waals surface area contributed by atoms with Crippen molar-refractivity contribution in [3.05, 3.63) is 12.3 Å². The molecule has 1 aromatic rings. The highest BCUT2D eigenvalue weighted by Gasteiger charge is 2.26. The summed E-state index contributed by atoms with van der Waals surface area (Å²) in [6.07, 6.45) is -3.67. The number of alkyl halides is 3. The number of carbonyl (C=O) groups excluding carboxylic acids is 1. The van der Waals surface area contributed by atoms with Gasteiger partial charge >= 0.3 is 6.18 Å². The van der Waals surface area contributed by atoms with Crippen molar-refractivity contribution in [1.82, 2.24) is 9.78 Å². The maximum Gasteiger partial charge on any atom is 0.408 e. The molecule has 0 aromatic carbocycles. The summed E-state index contributed by atoms with van der Waals surface area (Å²) in [4.78, 5) is 13.7. The van der Waals surface area contributed by atoms with Gasteiger partial charge in [-0.05, 0) is 6.42 Å². The van der Waals surface area contributed by atoms with Crippen LogP contribution in [0.3, 0.4) is 0 Å². The predicted octanol–water partition coefficient (Wildman–Crippen LogP) is -0.202. The van der Waals surface area contributed by atoms with Crippen molar-refractivity contribution in [3.8, 4) is 0 Å². The van der Waals surface area contributed by atoms with Gasteiger partial charge in [0.25, 0.3) is 0 Å². The van der Waals surface area contributed by atoms with Gasteiger partial charge in [-0.15, -0.1) is 0 Å². The van der Waals surface area contributed by atoms with Gasteiger partial charge in [0.2, 0.25) is 5.91 Å². The van der Waals surface area contributed by atoms with E-state index in [1.807, 2.05) is 0 Å². The molecule has 0 spiro atoms. The molecule has 0 bridgehead atoms. The quantitative estimate of drug-likeness (QED) is 0.408. The zero-order chi connectivity index (χ0) is 16.8. The molecule has 0 aliphatic rings. The smallest absolute Gasteiger partial charge is 0.393 e. The Morgan fingerprint density at radius 3 is 2.77 bits per heavy atom. The number of anilines is 1. The summed E-state index contributed by atoms with van der Waals surface area (Å²) in [7, 11) is 0. The van der Waals surface area contributed by atoms with Gasteiger partial charge in [0, 0.05) is 18.8 Å². The number of nitrogens with one attached hydrogen (secondary N) is 1. The first-order chi connectivity index (χ1) is 10.2. The Kier molecular flexibility index (Phi) is 6.16. The SMILES string of the molecule is NC(=O)CC(O)CCn1ccc(N/C(N)=N\CC(F)(F)F)n1. The zero-order valence-corrected chi connectivity index (χ0v) is 11.5. The van der Waals surface area contributed by atoms with Crippen LogP contribution in [0.15, 0.2) is 17.3 Å². The number of guanidine groups is 1. The molecule has 1 aromatic heterocycles. The first-order valence-electron chi connectivity index (χ1n) is 6.29. The second-order valence-electron chi connectivity index (χ2n) is 4.52. The van der Waals surface area contributed by atoms with Crippen molar-refractivity contribution in [2.75, 3.05) is 11.9 Å². The topological polar surface area (TPSA) is 132 Å². The molecule has 6 N–H and O–H groups in total. The first kappa shape index (κ1) is 17.8. The Morgan fingerprint density at radius 2 is 2.18 bits per heavy atom. The van der Waals surface area contributed by atoms with Gasteiger partial charge in [-0.3, -0.25) is 9.48 Å². The minimum Gasteiger partial charge on any atom is -0.393 e. The highest BCUT2D eigenvalue weighted by atomic mass is 19.4. The molecule has 1 rings (SSSR count). The zero-order valence-electron chi connectivity index (χ0n) is 11.5. The summed E-state index contributed by atoms with van der Waals surface area (Å²) >= 11 is 0. The lowest BCUT2D eigenvalue weighted by atomic mass is 10.2. The van der Waals surface area contributed by atoms with Gasteiger partial charge in [0.15, 0.2) is 11.8 Å². The fourth-order valence-corrected chi connectivity index (χ4v) is 1.51. The van der Waals surface area contributed by atoms with Crippen molar-refractivity contribution in [3.63, 3.8) is 0 Å². The fourth-order valence-electron chi connectivity index (χ4n) is 1.51. The summed E-state index contributed by atoms with van der Waals surface area (Å²) in [5.74, 6) is -0.798. The molecular formula is C11H17F3N6O2. The van der Waals surface area contributed by atoms with Crippen molar-refractivity contribution in [2.24, 2.45) is 16.5 Å². The second-order valence-corrected chi connectivity index (χ2v) is 4.52. The van der Waals surface area contributed by atoms with E-state index in [1.165, 1.54) is 16.9 Å². The van der Waals surface area contributed by atoms with Gasteiger partial charge < -0.3 is 21.9 Å². The summed E-state index contributed by atoms with van der Waals surface area (Å²) < 4.78 is 37.3. The molecule has 0 radical (unpaired) electrons. The third-order valence-electron chi connectivity index (χ3n) is 2.45. The van der Waals surface area contributed by atoms with E-state index in [0.29, 0.717) is 6.54 Å². The van der Waals surface area contributed by atoms with Gasteiger partial charge in [0.05, 0.1) is 12.5 Å². The number of aliphatic hydroxyl groups is 1. The van der Waals surface area contributed by atoms with E-state index in [4.69, 9.17) is 11.5 Å². The number of hydrogen-bond donors (Lipinski definition) is 4. The summed E-state index contributed by atoms with van der Waals surface area (Å²) in [5, 5.41) is 15.9. The lowest BCUT2D eigenvalue weighted by molar-refractivity contribution is -0.120. The Morgan fingerprint density at radius 1 is 1.50 bits per heavy atom. The number of halogens is 3. The largest absolute Gasteiger partial charge is 0.408 e. The highest BCUT2D eigenvalue weighted by Crippen LogP contribution is 2.14. The number of aliphatic imine (C=N–C) groups is 1. The molecule has 22 heavy (non-hydrogen) atoms. The average molecular weight is 322 g/mol. The number of amides is 1. The number of nitrogens with two attached hydrogens (primary N) is 2. The Balaban J connectivity index is 2.45. The molecule has 0 aliphatic heterocycles. The van der Waals surface area contributed by atoms with Gasteiger partial charge in [-0.2, -0.15) is 18.3 Å². The van der Waals surface area contributed by atoms with Crippen LogP contribution >= 0.6 is 0 Å². The van der Waals surface area contributed by atoms with E-state index in [9.17, 15) is 23.1 Å². The van der Waals surface area contributed by atoms with Gasteiger partial charge in [-0.25, -0.2) is 4.99 Å². The van der Waals surface area contributed by atoms with Crippen LogP contribution in [0.2, 0.25) is 0 Å². The van der Waals surface area contributed by atoms with Gasteiger partial charge in [-0.1, -0.05) is 0 Å². The molecule has 1 atom stereocenters. The molecule has 1 amide bonds. The van der Waals surface area contributed by atoms with E-state index in [0.717, 1.165) is 0 Å². The first-order valence-corrected chi connectivity index (χ1v) is 6.29. The average Bonchev–Trinajstić information content (AvgIpc) is 2.80. The molecule has 124 valence electrons. The van der Waals surface area contributed by atoms with Crippen molar-refractivity contribution in [1.29, 1.82) is 0 Å². The molecule has 11 heteroatoms. The second kappa shape index (κ2) is 7.64. The summed E-state index contributed by atoms with van der Waals surface area (Å²) in [6.45, 7) is -1.08. The van der Waals surface area contributed by atoms with Crippen molar-refractivity contribution < 1.29 is 23.1 Å². The number of nitrogens with zero attached hydrogens (tertiary/aromatic N) is 3. The lowest BCUT2D eigenvalue weighted by Gasteiger charge is -2.08. The van der Waals surface area contributed by atoms with E-state index < -0.39 is 30.7 Å². The Bertz CT molecular complexity index is 528. The minimum absolute atomic E-state index is 0.149. The third kappa shape index (κ3) is 7.47. The van der Waals surface area contributed by atoms with Crippen LogP contribution < -0.4 is 16.8 Å². The monoisotopic (exact) mass is 322 g/mol. The van der Waals surface area contributed by atoms with Crippen LogP contribution in [-0.4, -0.2) is 45.6 Å². The maximum absolute atomic E-state index is 12.0. The van der Waals surface area contributed by atoms with Crippen LogP contribution in [0.5, 0.6) is 0 Å². The number of aryl methyl sites for hydroxylation is 1. The fraction of sp³-hybridized carbons (Fsp3) is 0.545. The Labute approximate surface area is 124 Å².